The second-order valence-electron chi connectivity index (χ2n) is 5.60. The molecule has 2 aromatic carbocycles. The summed E-state index contributed by atoms with van der Waals surface area (Å²) < 4.78 is 0. The van der Waals surface area contributed by atoms with Crippen LogP contribution < -0.4 is 5.32 Å². The van der Waals surface area contributed by atoms with Gasteiger partial charge in [-0.3, -0.25) is 0 Å². The summed E-state index contributed by atoms with van der Waals surface area (Å²) in [7, 11) is 0. The predicted octanol–water partition coefficient (Wildman–Crippen LogP) is 5.44. The zero-order valence-electron chi connectivity index (χ0n) is 13.5. The van der Waals surface area contributed by atoms with Crippen molar-refractivity contribution < 1.29 is 0 Å². The maximum Gasteiger partial charge on any atom is 0.0348 e. The molecule has 0 aliphatic rings. The van der Waals surface area contributed by atoms with Gasteiger partial charge in [0, 0.05) is 6.04 Å². The van der Waals surface area contributed by atoms with Crippen molar-refractivity contribution in [1.82, 2.24) is 5.32 Å². The third-order valence-corrected chi connectivity index (χ3v) is 4.32. The second kappa shape index (κ2) is 7.99. The Morgan fingerprint density at radius 1 is 0.762 bits per heavy atom. The van der Waals surface area contributed by atoms with Crippen LogP contribution in [0.2, 0.25) is 0 Å². The van der Waals surface area contributed by atoms with Gasteiger partial charge in [-0.05, 0) is 29.2 Å². The molecule has 0 bridgehead atoms. The number of nitrogens with one attached hydrogen (secondary N) is 1. The minimum Gasteiger partial charge on any atom is -0.310 e. The minimum absolute atomic E-state index is 0.467. The molecule has 1 heteroatoms. The average molecular weight is 281 g/mol. The zero-order chi connectivity index (χ0) is 15.1. The lowest BCUT2D eigenvalue weighted by Crippen LogP contribution is -2.27. The highest BCUT2D eigenvalue weighted by molar-refractivity contribution is 5.63. The van der Waals surface area contributed by atoms with Gasteiger partial charge < -0.3 is 5.32 Å². The largest absolute Gasteiger partial charge is 0.310 e. The van der Waals surface area contributed by atoms with Gasteiger partial charge in [-0.25, -0.2) is 0 Å². The second-order valence-corrected chi connectivity index (χ2v) is 5.60. The monoisotopic (exact) mass is 281 g/mol. The van der Waals surface area contributed by atoms with Crippen LogP contribution in [-0.4, -0.2) is 6.54 Å². The number of hydrogen-bond donors (Lipinski definition) is 1. The molecule has 21 heavy (non-hydrogen) atoms. The summed E-state index contributed by atoms with van der Waals surface area (Å²) in [5, 5.41) is 3.66. The van der Waals surface area contributed by atoms with Gasteiger partial charge in [-0.2, -0.15) is 0 Å². The van der Waals surface area contributed by atoms with Gasteiger partial charge in [0.1, 0.15) is 0 Å². The predicted molar refractivity (Wildman–Crippen MR) is 92.4 cm³/mol. The molecule has 0 fully saturated rings. The molecule has 1 atom stereocenters. The van der Waals surface area contributed by atoms with Crippen molar-refractivity contribution in [2.24, 2.45) is 5.92 Å². The van der Waals surface area contributed by atoms with Crippen molar-refractivity contribution in [2.45, 2.75) is 39.7 Å². The smallest absolute Gasteiger partial charge is 0.0348 e. The van der Waals surface area contributed by atoms with Crippen LogP contribution in [0, 0.1) is 5.92 Å². The lowest BCUT2D eigenvalue weighted by molar-refractivity contribution is 0.346. The standard InChI is InChI=1S/C20H27N/c1-4-16(5-2)20(21-6-3)19-14-12-18(13-15-19)17-10-8-7-9-11-17/h7-16,20-21H,4-6H2,1-3H3. The Morgan fingerprint density at radius 3 is 1.86 bits per heavy atom. The first-order chi connectivity index (χ1) is 10.3. The molecule has 0 aliphatic carbocycles. The van der Waals surface area contributed by atoms with E-state index in [1.54, 1.807) is 0 Å². The van der Waals surface area contributed by atoms with Gasteiger partial charge in [0.2, 0.25) is 0 Å². The summed E-state index contributed by atoms with van der Waals surface area (Å²) in [6.45, 7) is 7.78. The molecular formula is C20H27N. The van der Waals surface area contributed by atoms with Crippen LogP contribution in [-0.2, 0) is 0 Å². The van der Waals surface area contributed by atoms with E-state index in [4.69, 9.17) is 0 Å². The molecule has 0 spiro atoms. The van der Waals surface area contributed by atoms with E-state index in [-0.39, 0.29) is 0 Å². The highest BCUT2D eigenvalue weighted by atomic mass is 14.9. The van der Waals surface area contributed by atoms with Crippen LogP contribution in [0.25, 0.3) is 11.1 Å². The zero-order valence-corrected chi connectivity index (χ0v) is 13.5. The lowest BCUT2D eigenvalue weighted by atomic mass is 9.88. The van der Waals surface area contributed by atoms with Gasteiger partial charge in [0.25, 0.3) is 0 Å². The van der Waals surface area contributed by atoms with E-state index >= 15 is 0 Å². The first-order valence-electron chi connectivity index (χ1n) is 8.18. The van der Waals surface area contributed by atoms with Crippen LogP contribution in [0.3, 0.4) is 0 Å². The van der Waals surface area contributed by atoms with Crippen molar-refractivity contribution in [3.63, 3.8) is 0 Å². The Kier molecular flexibility index (Phi) is 6.01. The molecule has 0 amide bonds. The van der Waals surface area contributed by atoms with Gasteiger partial charge >= 0.3 is 0 Å². The van der Waals surface area contributed by atoms with E-state index in [0.717, 1.165) is 6.54 Å². The van der Waals surface area contributed by atoms with Crippen LogP contribution >= 0.6 is 0 Å². The van der Waals surface area contributed by atoms with E-state index < -0.39 is 0 Å². The summed E-state index contributed by atoms with van der Waals surface area (Å²) in [6.07, 6.45) is 2.43. The Morgan fingerprint density at radius 2 is 1.33 bits per heavy atom. The highest BCUT2D eigenvalue weighted by Crippen LogP contribution is 2.29. The molecule has 0 saturated heterocycles. The molecule has 0 radical (unpaired) electrons. The molecule has 1 nitrogen and oxygen atoms in total. The quantitative estimate of drug-likeness (QED) is 0.712. The highest BCUT2D eigenvalue weighted by Gasteiger charge is 2.19. The Hall–Kier alpha value is -1.60. The van der Waals surface area contributed by atoms with E-state index in [1.165, 1.54) is 29.5 Å². The van der Waals surface area contributed by atoms with E-state index in [9.17, 15) is 0 Å². The summed E-state index contributed by atoms with van der Waals surface area (Å²) in [6, 6.07) is 20.1. The van der Waals surface area contributed by atoms with Crippen molar-refractivity contribution in [3.05, 3.63) is 60.2 Å². The summed E-state index contributed by atoms with van der Waals surface area (Å²) in [4.78, 5) is 0. The topological polar surface area (TPSA) is 12.0 Å². The molecule has 0 saturated carbocycles. The third-order valence-electron chi connectivity index (χ3n) is 4.32. The lowest BCUT2D eigenvalue weighted by Gasteiger charge is -2.26. The Labute approximate surface area is 129 Å². The van der Waals surface area contributed by atoms with Crippen LogP contribution in [0.15, 0.2) is 54.6 Å². The van der Waals surface area contributed by atoms with Crippen molar-refractivity contribution in [2.75, 3.05) is 6.54 Å². The number of rotatable bonds is 7. The number of hydrogen-bond acceptors (Lipinski definition) is 1. The van der Waals surface area contributed by atoms with Gasteiger partial charge in [0.05, 0.1) is 0 Å². The van der Waals surface area contributed by atoms with Crippen LogP contribution in [0.4, 0.5) is 0 Å². The normalized spacial score (nSPS) is 12.6. The van der Waals surface area contributed by atoms with E-state index in [1.807, 2.05) is 0 Å². The summed E-state index contributed by atoms with van der Waals surface area (Å²) >= 11 is 0. The molecule has 0 aliphatic heterocycles. The first kappa shape index (κ1) is 15.8. The average Bonchev–Trinajstić information content (AvgIpc) is 2.56. The molecule has 1 N–H and O–H groups in total. The van der Waals surface area contributed by atoms with Crippen molar-refractivity contribution in [3.8, 4) is 11.1 Å². The van der Waals surface area contributed by atoms with Crippen LogP contribution in [0.1, 0.15) is 45.2 Å². The van der Waals surface area contributed by atoms with Crippen molar-refractivity contribution >= 4 is 0 Å². The fourth-order valence-electron chi connectivity index (χ4n) is 3.05. The minimum atomic E-state index is 0.467. The summed E-state index contributed by atoms with van der Waals surface area (Å²) in [5.74, 6) is 0.701. The fraction of sp³-hybridized carbons (Fsp3) is 0.400. The Bertz CT molecular complexity index is 511. The first-order valence-corrected chi connectivity index (χ1v) is 8.18. The molecule has 0 heterocycles. The molecule has 1 unspecified atom stereocenters. The van der Waals surface area contributed by atoms with Crippen LogP contribution in [0.5, 0.6) is 0 Å². The summed E-state index contributed by atoms with van der Waals surface area (Å²) in [5.41, 5.74) is 3.98. The van der Waals surface area contributed by atoms with E-state index in [2.05, 4.69) is 80.7 Å². The molecule has 2 aromatic rings. The molecular weight excluding hydrogens is 254 g/mol. The maximum absolute atomic E-state index is 3.66. The fourth-order valence-corrected chi connectivity index (χ4v) is 3.05. The SMILES string of the molecule is CCNC(c1ccc(-c2ccccc2)cc1)C(CC)CC. The van der Waals surface area contributed by atoms with Gasteiger partial charge in [0.15, 0.2) is 0 Å². The third kappa shape index (κ3) is 3.95. The number of benzene rings is 2. The molecule has 0 aromatic heterocycles. The molecule has 2 rings (SSSR count). The van der Waals surface area contributed by atoms with Gasteiger partial charge in [-0.15, -0.1) is 0 Å². The molecule has 112 valence electrons. The maximum atomic E-state index is 3.66. The van der Waals surface area contributed by atoms with Crippen molar-refractivity contribution in [1.29, 1.82) is 0 Å². The Balaban J connectivity index is 2.23. The van der Waals surface area contributed by atoms with Gasteiger partial charge in [-0.1, -0.05) is 88.2 Å². The van der Waals surface area contributed by atoms with E-state index in [0.29, 0.717) is 12.0 Å².